The predicted molar refractivity (Wildman–Crippen MR) is 94.3 cm³/mol. The van der Waals surface area contributed by atoms with Gasteiger partial charge in [-0.25, -0.2) is 0 Å². The van der Waals surface area contributed by atoms with Crippen molar-refractivity contribution in [2.75, 3.05) is 18.6 Å². The lowest BCUT2D eigenvalue weighted by molar-refractivity contribution is 0.498. The van der Waals surface area contributed by atoms with Gasteiger partial charge in [-0.2, -0.15) is 11.8 Å². The molecule has 1 unspecified atom stereocenters. The van der Waals surface area contributed by atoms with E-state index in [-0.39, 0.29) is 0 Å². The standard InChI is InChI=1S/C16H25Cl2NS/c1-3-16(14-9-8-13(17)12-15(14)18)19-10-6-4-5-7-11-20-2/h8-9,12,16,19H,3-7,10-11H2,1-2H3. The van der Waals surface area contributed by atoms with Crippen LogP contribution in [0.5, 0.6) is 0 Å². The molecular weight excluding hydrogens is 309 g/mol. The molecule has 0 heterocycles. The first-order valence-electron chi connectivity index (χ1n) is 7.36. The van der Waals surface area contributed by atoms with Crippen LogP contribution >= 0.6 is 35.0 Å². The minimum absolute atomic E-state index is 0.325. The molecule has 0 aliphatic rings. The zero-order valence-electron chi connectivity index (χ0n) is 12.4. The third-order valence-electron chi connectivity index (χ3n) is 3.41. The molecule has 0 bridgehead atoms. The Morgan fingerprint density at radius 1 is 1.15 bits per heavy atom. The number of benzene rings is 1. The second-order valence-electron chi connectivity index (χ2n) is 4.99. The van der Waals surface area contributed by atoms with E-state index in [0.29, 0.717) is 11.1 Å². The Labute approximate surface area is 137 Å². The van der Waals surface area contributed by atoms with Crippen molar-refractivity contribution in [3.8, 4) is 0 Å². The van der Waals surface area contributed by atoms with E-state index < -0.39 is 0 Å². The lowest BCUT2D eigenvalue weighted by Crippen LogP contribution is -2.22. The molecule has 0 fully saturated rings. The molecule has 1 rings (SSSR count). The maximum absolute atomic E-state index is 6.27. The molecule has 1 aromatic rings. The van der Waals surface area contributed by atoms with E-state index in [4.69, 9.17) is 23.2 Å². The number of rotatable bonds is 10. The van der Waals surface area contributed by atoms with Crippen molar-refractivity contribution in [3.05, 3.63) is 33.8 Å². The Bertz CT molecular complexity index is 385. The first kappa shape index (κ1) is 18.2. The third-order valence-corrected chi connectivity index (χ3v) is 4.67. The Morgan fingerprint density at radius 2 is 1.90 bits per heavy atom. The zero-order valence-corrected chi connectivity index (χ0v) is 14.8. The average molecular weight is 334 g/mol. The van der Waals surface area contributed by atoms with Crippen molar-refractivity contribution in [1.82, 2.24) is 5.32 Å². The number of nitrogens with one attached hydrogen (secondary N) is 1. The molecule has 0 aliphatic carbocycles. The summed E-state index contributed by atoms with van der Waals surface area (Å²) < 4.78 is 0. The lowest BCUT2D eigenvalue weighted by atomic mass is 10.0. The molecule has 1 aromatic carbocycles. The molecule has 1 nitrogen and oxygen atoms in total. The van der Waals surface area contributed by atoms with Crippen LogP contribution in [0.15, 0.2) is 18.2 Å². The number of hydrogen-bond donors (Lipinski definition) is 1. The second kappa shape index (κ2) is 10.8. The first-order valence-corrected chi connectivity index (χ1v) is 9.51. The van der Waals surface area contributed by atoms with Crippen LogP contribution in [0.3, 0.4) is 0 Å². The zero-order chi connectivity index (χ0) is 14.8. The van der Waals surface area contributed by atoms with Gasteiger partial charge in [0.05, 0.1) is 0 Å². The first-order chi connectivity index (χ1) is 9.69. The fourth-order valence-corrected chi connectivity index (χ4v) is 3.29. The Kier molecular flexibility index (Phi) is 9.79. The van der Waals surface area contributed by atoms with Gasteiger partial charge in [-0.05, 0) is 55.5 Å². The van der Waals surface area contributed by atoms with Gasteiger partial charge >= 0.3 is 0 Å². The third kappa shape index (κ3) is 6.71. The molecule has 0 amide bonds. The molecule has 1 atom stereocenters. The van der Waals surface area contributed by atoms with Crippen LogP contribution in [0.25, 0.3) is 0 Å². The second-order valence-corrected chi connectivity index (χ2v) is 6.82. The van der Waals surface area contributed by atoms with Gasteiger partial charge in [-0.15, -0.1) is 0 Å². The molecule has 0 saturated carbocycles. The number of hydrogen-bond acceptors (Lipinski definition) is 2. The van der Waals surface area contributed by atoms with Crippen molar-refractivity contribution in [2.24, 2.45) is 0 Å². The fraction of sp³-hybridized carbons (Fsp3) is 0.625. The normalized spacial score (nSPS) is 12.6. The van der Waals surface area contributed by atoms with Gasteiger partial charge in [0.1, 0.15) is 0 Å². The summed E-state index contributed by atoms with van der Waals surface area (Å²) in [5.74, 6) is 1.28. The maximum Gasteiger partial charge on any atom is 0.0468 e. The van der Waals surface area contributed by atoms with Crippen molar-refractivity contribution in [3.63, 3.8) is 0 Å². The van der Waals surface area contributed by atoms with Crippen LogP contribution in [0, 0.1) is 0 Å². The van der Waals surface area contributed by atoms with Gasteiger partial charge in [0.2, 0.25) is 0 Å². The summed E-state index contributed by atoms with van der Waals surface area (Å²) in [5.41, 5.74) is 1.15. The highest BCUT2D eigenvalue weighted by Crippen LogP contribution is 2.28. The van der Waals surface area contributed by atoms with Crippen LogP contribution < -0.4 is 5.32 Å². The Hall–Kier alpha value is 0.110. The monoisotopic (exact) mass is 333 g/mol. The predicted octanol–water partition coefficient (Wildman–Crippen LogP) is 5.96. The molecule has 0 aromatic heterocycles. The molecule has 0 aliphatic heterocycles. The molecule has 0 spiro atoms. The van der Waals surface area contributed by atoms with Crippen LogP contribution in [-0.4, -0.2) is 18.6 Å². The van der Waals surface area contributed by atoms with E-state index in [1.807, 2.05) is 30.0 Å². The topological polar surface area (TPSA) is 12.0 Å². The van der Waals surface area contributed by atoms with Gasteiger partial charge in [0.25, 0.3) is 0 Å². The van der Waals surface area contributed by atoms with Crippen LogP contribution in [0.4, 0.5) is 0 Å². The summed E-state index contributed by atoms with van der Waals surface area (Å²) >= 11 is 14.2. The van der Waals surface area contributed by atoms with Gasteiger partial charge in [-0.3, -0.25) is 0 Å². The molecule has 1 N–H and O–H groups in total. The minimum atomic E-state index is 0.325. The van der Waals surface area contributed by atoms with E-state index in [0.717, 1.165) is 23.6 Å². The maximum atomic E-state index is 6.27. The van der Waals surface area contributed by atoms with E-state index in [9.17, 15) is 0 Å². The van der Waals surface area contributed by atoms with Gasteiger partial charge in [-0.1, -0.05) is 49.0 Å². The summed E-state index contributed by atoms with van der Waals surface area (Å²) in [5, 5.41) is 5.06. The molecule has 20 heavy (non-hydrogen) atoms. The number of thioether (sulfide) groups is 1. The summed E-state index contributed by atoms with van der Waals surface area (Å²) in [4.78, 5) is 0. The van der Waals surface area contributed by atoms with Gasteiger partial charge in [0.15, 0.2) is 0 Å². The van der Waals surface area contributed by atoms with Crippen LogP contribution in [-0.2, 0) is 0 Å². The Morgan fingerprint density at radius 3 is 2.55 bits per heavy atom. The van der Waals surface area contributed by atoms with Crippen LogP contribution in [0.1, 0.15) is 50.6 Å². The Balaban J connectivity index is 2.32. The van der Waals surface area contributed by atoms with Crippen molar-refractivity contribution in [2.45, 2.75) is 45.1 Å². The average Bonchev–Trinajstić information content (AvgIpc) is 2.43. The smallest absolute Gasteiger partial charge is 0.0468 e. The minimum Gasteiger partial charge on any atom is -0.310 e. The highest BCUT2D eigenvalue weighted by molar-refractivity contribution is 7.98. The SMILES string of the molecule is CCC(NCCCCCCSC)c1ccc(Cl)cc1Cl. The highest BCUT2D eigenvalue weighted by Gasteiger charge is 2.12. The van der Waals surface area contributed by atoms with Crippen molar-refractivity contribution in [1.29, 1.82) is 0 Å². The van der Waals surface area contributed by atoms with Crippen molar-refractivity contribution >= 4 is 35.0 Å². The van der Waals surface area contributed by atoms with E-state index in [1.54, 1.807) is 0 Å². The van der Waals surface area contributed by atoms with Crippen molar-refractivity contribution < 1.29 is 0 Å². The molecule has 0 radical (unpaired) electrons. The van der Waals surface area contributed by atoms with Crippen LogP contribution in [0.2, 0.25) is 10.0 Å². The summed E-state index contributed by atoms with van der Waals surface area (Å²) in [6, 6.07) is 6.09. The summed E-state index contributed by atoms with van der Waals surface area (Å²) in [6.45, 7) is 3.23. The lowest BCUT2D eigenvalue weighted by Gasteiger charge is -2.19. The number of unbranched alkanes of at least 4 members (excludes halogenated alkanes) is 3. The van der Waals surface area contributed by atoms with E-state index in [2.05, 4.69) is 18.5 Å². The molecule has 4 heteroatoms. The number of halogens is 2. The summed E-state index contributed by atoms with van der Waals surface area (Å²) in [7, 11) is 0. The molecule has 0 saturated heterocycles. The quantitative estimate of drug-likeness (QED) is 0.530. The van der Waals surface area contributed by atoms with E-state index in [1.165, 1.54) is 31.4 Å². The summed E-state index contributed by atoms with van der Waals surface area (Å²) in [6.07, 6.45) is 8.41. The van der Waals surface area contributed by atoms with Gasteiger partial charge < -0.3 is 5.32 Å². The highest BCUT2D eigenvalue weighted by atomic mass is 35.5. The fourth-order valence-electron chi connectivity index (χ4n) is 2.26. The molecular formula is C16H25Cl2NS. The van der Waals surface area contributed by atoms with Gasteiger partial charge in [0, 0.05) is 16.1 Å². The van der Waals surface area contributed by atoms with E-state index >= 15 is 0 Å². The largest absolute Gasteiger partial charge is 0.310 e. The molecule has 114 valence electrons.